The summed E-state index contributed by atoms with van der Waals surface area (Å²) in [4.78, 5) is 13.7. The van der Waals surface area contributed by atoms with Gasteiger partial charge in [-0.25, -0.2) is 4.68 Å². The highest BCUT2D eigenvalue weighted by atomic mass is 16.5. The first-order valence-corrected chi connectivity index (χ1v) is 13.6. The summed E-state index contributed by atoms with van der Waals surface area (Å²) in [6.45, 7) is 5.00. The molecule has 0 unspecified atom stereocenters. The zero-order chi connectivity index (χ0) is 26.6. The minimum atomic E-state index is 0.276. The second-order valence-corrected chi connectivity index (χ2v) is 10.9. The van der Waals surface area contributed by atoms with Crippen molar-refractivity contribution in [2.75, 3.05) is 13.7 Å². The summed E-state index contributed by atoms with van der Waals surface area (Å²) in [5, 5.41) is 9.30. The maximum atomic E-state index is 13.7. The fourth-order valence-corrected chi connectivity index (χ4v) is 6.19. The molecule has 2 aromatic carbocycles. The Bertz CT molecular complexity index is 1390. The van der Waals surface area contributed by atoms with E-state index in [1.54, 1.807) is 11.8 Å². The average molecular weight is 511 g/mol. The molecule has 0 amide bonds. The molecule has 0 spiro atoms. The van der Waals surface area contributed by atoms with Gasteiger partial charge < -0.3 is 4.74 Å². The topological polar surface area (TPSA) is 61.9 Å². The average Bonchev–Trinajstić information content (AvgIpc) is 3.61. The Hall–Kier alpha value is -3.51. The molecule has 1 fully saturated rings. The molecule has 38 heavy (non-hydrogen) atoms. The van der Waals surface area contributed by atoms with E-state index in [1.165, 1.54) is 11.1 Å². The van der Waals surface area contributed by atoms with Gasteiger partial charge in [-0.2, -0.15) is 10.2 Å². The molecule has 1 aliphatic rings. The number of Topliss-reactive ketones (excluding diaryl/α,β-unsaturated/α-hetero) is 1. The fraction of sp³-hybridized carbons (Fsp3) is 0.406. The maximum Gasteiger partial charge on any atom is 0.139 e. The maximum absolute atomic E-state index is 13.7. The van der Waals surface area contributed by atoms with Crippen molar-refractivity contribution >= 4 is 5.78 Å². The Morgan fingerprint density at radius 1 is 1.08 bits per heavy atom. The summed E-state index contributed by atoms with van der Waals surface area (Å²) in [7, 11) is 3.68. The number of hydrogen-bond donors (Lipinski definition) is 0. The molecule has 2 heterocycles. The van der Waals surface area contributed by atoms with Crippen molar-refractivity contribution in [1.82, 2.24) is 19.6 Å². The molecule has 4 aromatic rings. The quantitative estimate of drug-likeness (QED) is 0.253. The number of rotatable bonds is 10. The van der Waals surface area contributed by atoms with Crippen molar-refractivity contribution in [1.29, 1.82) is 0 Å². The normalized spacial score (nSPS) is 19.2. The predicted molar refractivity (Wildman–Crippen MR) is 150 cm³/mol. The van der Waals surface area contributed by atoms with Gasteiger partial charge in [0.05, 0.1) is 23.3 Å². The second kappa shape index (κ2) is 11.5. The van der Waals surface area contributed by atoms with Crippen molar-refractivity contribution in [2.45, 2.75) is 51.9 Å². The Balaban J connectivity index is 1.41. The van der Waals surface area contributed by atoms with Gasteiger partial charge in [0.25, 0.3) is 0 Å². The van der Waals surface area contributed by atoms with Crippen LogP contribution in [-0.4, -0.2) is 39.1 Å². The molecule has 198 valence electrons. The van der Waals surface area contributed by atoms with Gasteiger partial charge in [-0.05, 0) is 74.1 Å². The van der Waals surface area contributed by atoms with Crippen LogP contribution in [0.2, 0.25) is 0 Å². The highest BCUT2D eigenvalue weighted by Gasteiger charge is 2.36. The van der Waals surface area contributed by atoms with Crippen molar-refractivity contribution in [3.8, 4) is 16.9 Å². The van der Waals surface area contributed by atoms with Gasteiger partial charge in [0.2, 0.25) is 0 Å². The van der Waals surface area contributed by atoms with Gasteiger partial charge in [-0.1, -0.05) is 48.0 Å². The SMILES string of the molecule is COCC[C@@H]1C[C@@H](CC(=O)Cc2c(C)c(-c3cnn(C)c3)nn2-c2ccccc2)[C@H](c2cccc(C)c2)C1. The van der Waals surface area contributed by atoms with Gasteiger partial charge in [-0.15, -0.1) is 0 Å². The number of ether oxygens (including phenoxy) is 1. The molecule has 6 nitrogen and oxygen atoms in total. The van der Waals surface area contributed by atoms with Gasteiger partial charge in [-0.3, -0.25) is 9.48 Å². The molecule has 0 bridgehead atoms. The number of nitrogens with zero attached hydrogens (tertiary/aromatic N) is 4. The molecule has 1 saturated carbocycles. The monoisotopic (exact) mass is 510 g/mol. The fourth-order valence-electron chi connectivity index (χ4n) is 6.19. The predicted octanol–water partition coefficient (Wildman–Crippen LogP) is 6.24. The number of aromatic nitrogens is 4. The summed E-state index contributed by atoms with van der Waals surface area (Å²) >= 11 is 0. The van der Waals surface area contributed by atoms with Crippen LogP contribution in [0.4, 0.5) is 0 Å². The lowest BCUT2D eigenvalue weighted by molar-refractivity contribution is -0.119. The standard InChI is InChI=1S/C32H38N4O2/c1-22-9-8-10-25(15-22)30-17-24(13-14-38-4)16-26(30)18-29(37)19-31-23(2)32(27-20-33-35(3)21-27)34-36(31)28-11-6-5-7-12-28/h5-12,15,20-21,24,26,30H,13-14,16-19H2,1-4H3/t24-,26+,30+/m1/s1. The minimum Gasteiger partial charge on any atom is -0.385 e. The summed E-state index contributed by atoms with van der Waals surface area (Å²) in [6, 6.07) is 18.9. The van der Waals surface area contributed by atoms with Crippen LogP contribution in [0.5, 0.6) is 0 Å². The number of carbonyl (C=O) groups excluding carboxylic acids is 1. The van der Waals surface area contributed by atoms with Crippen molar-refractivity contribution in [2.24, 2.45) is 18.9 Å². The third-order valence-corrected chi connectivity index (χ3v) is 8.07. The zero-order valence-electron chi connectivity index (χ0n) is 22.9. The molecular formula is C32H38N4O2. The number of para-hydroxylation sites is 1. The first kappa shape index (κ1) is 26.1. The highest BCUT2D eigenvalue weighted by Crippen LogP contribution is 2.46. The molecule has 6 heteroatoms. The molecule has 0 aliphatic heterocycles. The van der Waals surface area contributed by atoms with Crippen LogP contribution < -0.4 is 0 Å². The Kier molecular flexibility index (Phi) is 7.89. The molecule has 0 N–H and O–H groups in total. The van der Waals surface area contributed by atoms with E-state index in [0.717, 1.165) is 54.1 Å². The molecular weight excluding hydrogens is 472 g/mol. The van der Waals surface area contributed by atoms with Crippen LogP contribution in [0.15, 0.2) is 67.0 Å². The van der Waals surface area contributed by atoms with Crippen molar-refractivity contribution < 1.29 is 9.53 Å². The second-order valence-electron chi connectivity index (χ2n) is 10.9. The lowest BCUT2D eigenvalue weighted by Gasteiger charge is -2.20. The van der Waals surface area contributed by atoms with E-state index in [2.05, 4.69) is 43.2 Å². The number of benzene rings is 2. The largest absolute Gasteiger partial charge is 0.385 e. The lowest BCUT2D eigenvalue weighted by Crippen LogP contribution is -2.16. The first-order valence-electron chi connectivity index (χ1n) is 13.6. The molecule has 1 aliphatic carbocycles. The molecule has 2 aromatic heterocycles. The van der Waals surface area contributed by atoms with E-state index in [9.17, 15) is 4.79 Å². The van der Waals surface area contributed by atoms with Gasteiger partial charge in [0.15, 0.2) is 0 Å². The number of methoxy groups -OCH3 is 1. The van der Waals surface area contributed by atoms with Crippen LogP contribution >= 0.6 is 0 Å². The summed E-state index contributed by atoms with van der Waals surface area (Å²) < 4.78 is 9.12. The summed E-state index contributed by atoms with van der Waals surface area (Å²) in [6.07, 6.45) is 8.01. The van der Waals surface area contributed by atoms with E-state index in [4.69, 9.17) is 9.84 Å². The van der Waals surface area contributed by atoms with Crippen LogP contribution in [0.25, 0.3) is 16.9 Å². The zero-order valence-corrected chi connectivity index (χ0v) is 22.9. The van der Waals surface area contributed by atoms with E-state index < -0.39 is 0 Å². The van der Waals surface area contributed by atoms with Crippen molar-refractivity contribution in [3.05, 3.63) is 89.4 Å². The van der Waals surface area contributed by atoms with Gasteiger partial charge in [0, 0.05) is 45.4 Å². The van der Waals surface area contributed by atoms with Gasteiger partial charge in [0.1, 0.15) is 5.78 Å². The van der Waals surface area contributed by atoms with Crippen molar-refractivity contribution in [3.63, 3.8) is 0 Å². The third-order valence-electron chi connectivity index (χ3n) is 8.07. The van der Waals surface area contributed by atoms with E-state index in [1.807, 2.05) is 54.5 Å². The van der Waals surface area contributed by atoms with E-state index in [-0.39, 0.29) is 5.78 Å². The Morgan fingerprint density at radius 3 is 2.61 bits per heavy atom. The lowest BCUT2D eigenvalue weighted by atomic mass is 9.84. The van der Waals surface area contributed by atoms with Crippen LogP contribution in [-0.2, 0) is 23.0 Å². The van der Waals surface area contributed by atoms with Crippen LogP contribution in [0, 0.1) is 25.7 Å². The van der Waals surface area contributed by atoms with Gasteiger partial charge >= 0.3 is 0 Å². The summed E-state index contributed by atoms with van der Waals surface area (Å²) in [5.41, 5.74) is 7.44. The van der Waals surface area contributed by atoms with E-state index in [0.29, 0.717) is 30.6 Å². The number of carbonyl (C=O) groups is 1. The number of hydrogen-bond acceptors (Lipinski definition) is 4. The molecule has 3 atom stereocenters. The minimum absolute atomic E-state index is 0.276. The third kappa shape index (κ3) is 5.65. The Labute approximate surface area is 225 Å². The number of aryl methyl sites for hydroxylation is 2. The summed E-state index contributed by atoms with van der Waals surface area (Å²) in [5.74, 6) is 1.62. The van der Waals surface area contributed by atoms with E-state index >= 15 is 0 Å². The Morgan fingerprint density at radius 2 is 1.89 bits per heavy atom. The smallest absolute Gasteiger partial charge is 0.139 e. The van der Waals surface area contributed by atoms with Crippen LogP contribution in [0.1, 0.15) is 54.0 Å². The molecule has 0 saturated heterocycles. The number of ketones is 1. The molecule has 5 rings (SSSR count). The molecule has 0 radical (unpaired) electrons. The first-order chi connectivity index (χ1) is 18.4. The highest BCUT2D eigenvalue weighted by molar-refractivity contribution is 5.82. The van der Waals surface area contributed by atoms with Crippen LogP contribution in [0.3, 0.4) is 0 Å².